The number of amides is 1. The molecular formula is C58H71BBr4Cl2F3N11O6. The van der Waals surface area contributed by atoms with E-state index in [1.807, 2.05) is 162 Å². The van der Waals surface area contributed by atoms with Gasteiger partial charge in [0.15, 0.2) is 0 Å². The second-order valence-electron chi connectivity index (χ2n) is 18.3. The van der Waals surface area contributed by atoms with Crippen LogP contribution in [0.1, 0.15) is 20.8 Å². The van der Waals surface area contributed by atoms with Crippen molar-refractivity contribution in [1.29, 1.82) is 0 Å². The summed E-state index contributed by atoms with van der Waals surface area (Å²) in [7, 11) is 9.20. The normalized spacial score (nSPS) is 10.8. The van der Waals surface area contributed by atoms with Crippen LogP contribution >= 0.6 is 88.0 Å². The van der Waals surface area contributed by atoms with Gasteiger partial charge in [-0.15, -0.1) is 72.1 Å². The highest BCUT2D eigenvalue weighted by molar-refractivity contribution is 9.69. The van der Waals surface area contributed by atoms with Crippen LogP contribution in [0.5, 0.6) is 23.0 Å². The van der Waals surface area contributed by atoms with E-state index in [0.29, 0.717) is 52.5 Å². The highest BCUT2D eigenvalue weighted by Gasteiger charge is 2.16. The fourth-order valence-corrected chi connectivity index (χ4v) is 6.67. The molecule has 17 nitrogen and oxygen atoms in total. The number of hydrogen-bond acceptors (Lipinski definition) is 12. The van der Waals surface area contributed by atoms with Gasteiger partial charge in [-0.25, -0.2) is 18.0 Å². The summed E-state index contributed by atoms with van der Waals surface area (Å²) in [5.74, 6) is 2.49. The number of benzene rings is 4. The molecule has 8 aromatic rings. The second kappa shape index (κ2) is 41.7. The molecule has 0 aliphatic carbocycles. The number of nitrogens with zero attached hydrogens (tertiary/aromatic N) is 8. The van der Waals surface area contributed by atoms with E-state index in [-0.39, 0.29) is 66.6 Å². The van der Waals surface area contributed by atoms with Crippen molar-refractivity contribution in [2.75, 3.05) is 45.3 Å². The standard InChI is InChI=1S/2C14H16FN3O.C11H12N2O.C10H10N2O.C9H15BrFNO2.BBr3.2ClH/c2*1-18-7-6-14(17-18)12-2-4-13(5-3-12)19-10-11(8-15)9-16;1-13-8-7-11(12-13)9-3-5-10(14-2)6-4-9;1-12-7-6-10(11-12)8-2-4-9(13)5-3-8;1-9(2,3)14-8(13)12-6-7(4-10)5-11;2-1(3)4;;/h2*2-8H,9-10,16H2,1H3;3-8H,1-2H3;2-7,13H,1H3;5H,4,6H2,1-3H3,(H,12,13);;2*1H/b11-8+;11-8-;;;;;;. The summed E-state index contributed by atoms with van der Waals surface area (Å²) >= 11 is 12.4. The Morgan fingerprint density at radius 3 is 1.09 bits per heavy atom. The molecule has 0 aliphatic rings. The topological polar surface area (TPSA) is 210 Å². The molecule has 0 saturated heterocycles. The van der Waals surface area contributed by atoms with E-state index in [2.05, 4.69) is 88.9 Å². The van der Waals surface area contributed by atoms with Crippen molar-refractivity contribution in [3.8, 4) is 68.0 Å². The number of hydrogen-bond donors (Lipinski definition) is 4. The molecule has 0 atom stereocenters. The Labute approximate surface area is 541 Å². The predicted octanol–water partition coefficient (Wildman–Crippen LogP) is 14.2. The fourth-order valence-electron chi connectivity index (χ4n) is 6.35. The number of alkyl carbamates (subject to hydrolysis) is 1. The number of aromatic nitrogens is 8. The van der Waals surface area contributed by atoms with E-state index in [1.165, 1.54) is 0 Å². The minimum atomic E-state index is -0.544. The molecule has 85 heavy (non-hydrogen) atoms. The summed E-state index contributed by atoms with van der Waals surface area (Å²) in [4.78, 5) is 11.1. The van der Waals surface area contributed by atoms with E-state index in [1.54, 1.807) is 58.7 Å². The average Bonchev–Trinajstić information content (AvgIpc) is 4.53. The van der Waals surface area contributed by atoms with E-state index in [4.69, 9.17) is 35.5 Å². The van der Waals surface area contributed by atoms with Gasteiger partial charge in [0.1, 0.15) is 41.8 Å². The average molecular weight is 1480 g/mol. The molecular weight excluding hydrogens is 1410 g/mol. The zero-order chi connectivity index (χ0) is 61.3. The molecule has 0 unspecified atom stereocenters. The number of halogens is 9. The molecule has 1 amide bonds. The number of ether oxygens (including phenoxy) is 4. The summed E-state index contributed by atoms with van der Waals surface area (Å²) < 4.78 is 64.9. The summed E-state index contributed by atoms with van der Waals surface area (Å²) in [5, 5.41) is 29.1. The fraction of sp³-hybridized carbons (Fsp3) is 0.259. The number of aryl methyl sites for hydroxylation is 4. The van der Waals surface area contributed by atoms with E-state index in [9.17, 15) is 18.0 Å². The Bertz CT molecular complexity index is 3110. The third-order valence-corrected chi connectivity index (χ3v) is 11.3. The highest BCUT2D eigenvalue weighted by atomic mass is 79.9. The first-order valence-corrected chi connectivity index (χ1v) is 29.1. The van der Waals surface area contributed by atoms with Gasteiger partial charge in [-0.05, 0) is 148 Å². The maximum atomic E-state index is 12.3. The summed E-state index contributed by atoms with van der Waals surface area (Å²) in [6.45, 7) is 6.09. The van der Waals surface area contributed by atoms with Crippen LogP contribution in [-0.2, 0) is 32.9 Å². The quantitative estimate of drug-likeness (QED) is 0.0526. The molecule has 27 heteroatoms. The Morgan fingerprint density at radius 1 is 0.565 bits per heavy atom. The highest BCUT2D eigenvalue weighted by Crippen LogP contribution is 2.24. The summed E-state index contributed by atoms with van der Waals surface area (Å²) in [5.41, 5.74) is 19.3. The minimum Gasteiger partial charge on any atom is -0.508 e. The van der Waals surface area contributed by atoms with Crippen molar-refractivity contribution < 1.29 is 42.0 Å². The monoisotopic (exact) mass is 1470 g/mol. The number of carbonyl (C=O) groups excluding carboxylic acids is 1. The van der Waals surface area contributed by atoms with Crippen LogP contribution in [0.3, 0.4) is 0 Å². The summed E-state index contributed by atoms with van der Waals surface area (Å²) in [6, 6.07) is 37.7. The van der Waals surface area contributed by atoms with Crippen LogP contribution in [0.15, 0.2) is 182 Å². The molecule has 8 rings (SSSR count). The van der Waals surface area contributed by atoms with Gasteiger partial charge in [-0.3, -0.25) is 18.7 Å². The lowest BCUT2D eigenvalue weighted by molar-refractivity contribution is 0.0532. The number of methoxy groups -OCH3 is 1. The van der Waals surface area contributed by atoms with Crippen LogP contribution in [0.2, 0.25) is 0 Å². The van der Waals surface area contributed by atoms with Crippen molar-refractivity contribution in [2.24, 2.45) is 39.7 Å². The Balaban J connectivity index is 0.000000524. The van der Waals surface area contributed by atoms with Crippen molar-refractivity contribution >= 4 is 97.3 Å². The van der Waals surface area contributed by atoms with Gasteiger partial charge in [0.05, 0.1) is 48.9 Å². The molecule has 0 fully saturated rings. The number of phenolic OH excluding ortho intramolecular Hbond substituents is 1. The largest absolute Gasteiger partial charge is 0.508 e. The van der Waals surface area contributed by atoms with E-state index < -0.39 is 11.7 Å². The molecule has 0 spiro atoms. The van der Waals surface area contributed by atoms with Crippen LogP contribution in [0.25, 0.3) is 45.0 Å². The number of rotatable bonds is 16. The minimum absolute atomic E-state index is 0. The summed E-state index contributed by atoms with van der Waals surface area (Å²) in [6.07, 6.45) is 8.50. The van der Waals surface area contributed by atoms with Crippen molar-refractivity contribution in [1.82, 2.24) is 44.4 Å². The molecule has 4 aromatic carbocycles. The number of nitrogens with two attached hydrogens (primary N) is 2. The van der Waals surface area contributed by atoms with E-state index in [0.717, 1.165) is 50.8 Å². The molecule has 0 aliphatic heterocycles. The molecule has 0 bridgehead atoms. The van der Waals surface area contributed by atoms with Gasteiger partial charge >= 0.3 is 9.28 Å². The molecule has 6 N–H and O–H groups in total. The first kappa shape index (κ1) is 76.7. The molecule has 0 radical (unpaired) electrons. The lowest BCUT2D eigenvalue weighted by Gasteiger charge is -2.19. The molecule has 460 valence electrons. The molecule has 4 aromatic heterocycles. The Hall–Kier alpha value is -6.32. The first-order chi connectivity index (χ1) is 39.6. The van der Waals surface area contributed by atoms with Crippen LogP contribution in [0.4, 0.5) is 18.0 Å². The second-order valence-corrected chi connectivity index (χ2v) is 25.3. The van der Waals surface area contributed by atoms with Crippen LogP contribution < -0.4 is 31.0 Å². The molecule has 4 heterocycles. The number of alkyl halides is 1. The van der Waals surface area contributed by atoms with E-state index >= 15 is 0 Å². The van der Waals surface area contributed by atoms with Crippen LogP contribution in [0, 0.1) is 0 Å². The van der Waals surface area contributed by atoms with Crippen molar-refractivity contribution in [3.63, 3.8) is 0 Å². The van der Waals surface area contributed by atoms with Gasteiger partial charge < -0.3 is 40.8 Å². The van der Waals surface area contributed by atoms with Crippen molar-refractivity contribution in [2.45, 2.75) is 26.4 Å². The maximum Gasteiger partial charge on any atom is 0.407 e. The first-order valence-electron chi connectivity index (χ1n) is 25.2. The molecule has 0 saturated carbocycles. The smallest absolute Gasteiger partial charge is 0.407 e. The maximum absolute atomic E-state index is 12.3. The van der Waals surface area contributed by atoms with Gasteiger partial charge in [0.2, 0.25) is 0 Å². The van der Waals surface area contributed by atoms with Gasteiger partial charge in [-0.2, -0.15) is 20.4 Å². The number of aromatic hydroxyl groups is 1. The Morgan fingerprint density at radius 2 is 0.859 bits per heavy atom. The predicted molar refractivity (Wildman–Crippen MR) is 355 cm³/mol. The third-order valence-electron chi connectivity index (χ3n) is 10.6. The Kier molecular flexibility index (Phi) is 37.6. The number of nitrogens with one attached hydrogen (secondary N) is 1. The lowest BCUT2D eigenvalue weighted by Crippen LogP contribution is -2.33. The van der Waals surface area contributed by atoms with Crippen LogP contribution in [-0.4, -0.2) is 104 Å². The number of phenols is 1. The zero-order valence-corrected chi connectivity index (χ0v) is 56.1. The zero-order valence-electron chi connectivity index (χ0n) is 48.1. The SMILES string of the molecule is BrB(Br)Br.CC(C)(C)OC(=O)NCC(=CF)CBr.COc1ccc(-c2ccn(C)n2)cc1.Cl.Cl.Cn1ccc(-c2ccc(O)cc2)n1.Cn1ccc(-c2ccc(OC/C(=C/F)CN)cc2)n1.Cn1ccc(-c2ccc(OC/C(=C\F)CN)cc2)n1. The van der Waals surface area contributed by atoms with Gasteiger partial charge in [-0.1, -0.05) is 15.9 Å². The van der Waals surface area contributed by atoms with Gasteiger partial charge in [0.25, 0.3) is 0 Å². The van der Waals surface area contributed by atoms with Gasteiger partial charge in [0, 0.05) is 111 Å². The lowest BCUT2D eigenvalue weighted by atomic mass is 10.1. The number of carbonyl (C=O) groups is 1. The van der Waals surface area contributed by atoms with Crippen molar-refractivity contribution in [3.05, 3.63) is 182 Å². The third kappa shape index (κ3) is 31.1.